The minimum absolute atomic E-state index is 0.221. The van der Waals surface area contributed by atoms with Crippen LogP contribution in [-0.4, -0.2) is 15.5 Å². The number of hydrogen-bond donors (Lipinski definition) is 0. The lowest BCUT2D eigenvalue weighted by Crippen LogP contribution is -2.21. The number of halogens is 1. The molecule has 5 nitrogen and oxygen atoms in total. The number of thiazole rings is 1. The molecule has 0 bridgehead atoms. The summed E-state index contributed by atoms with van der Waals surface area (Å²) in [5, 5.41) is 8.46. The Morgan fingerprint density at radius 2 is 2.42 bits per heavy atom. The number of carbonyl (C=O) groups excluding carboxylic acids is 1. The van der Waals surface area contributed by atoms with Gasteiger partial charge in [0.05, 0.1) is 12.6 Å². The highest BCUT2D eigenvalue weighted by atomic mass is 35.5. The second-order valence-electron chi connectivity index (χ2n) is 3.61. The Bertz CT molecular complexity index is 698. The van der Waals surface area contributed by atoms with E-state index in [1.54, 1.807) is 29.0 Å². The largest absolute Gasteiger partial charge is 0.328 e. The Morgan fingerprint density at radius 3 is 3.11 bits per heavy atom. The Balaban J connectivity index is 2.31. The van der Waals surface area contributed by atoms with Crippen molar-refractivity contribution >= 4 is 28.8 Å². The Labute approximate surface area is 118 Å². The van der Waals surface area contributed by atoms with Crippen molar-refractivity contribution in [2.75, 3.05) is 0 Å². The molecule has 0 saturated carbocycles. The van der Waals surface area contributed by atoms with Crippen LogP contribution in [0.1, 0.15) is 11.3 Å². The number of pyridine rings is 1. The molecule has 19 heavy (non-hydrogen) atoms. The lowest BCUT2D eigenvalue weighted by molar-refractivity contribution is -0.117. The van der Waals surface area contributed by atoms with Gasteiger partial charge in [-0.1, -0.05) is 17.7 Å². The zero-order valence-electron chi connectivity index (χ0n) is 9.78. The molecule has 0 aliphatic rings. The summed E-state index contributed by atoms with van der Waals surface area (Å²) in [6.07, 6.45) is 3.28. The predicted octanol–water partition coefficient (Wildman–Crippen LogP) is 1.99. The molecule has 2 aromatic rings. The normalized spacial score (nSPS) is 11.3. The van der Waals surface area contributed by atoms with Crippen molar-refractivity contribution in [2.45, 2.75) is 13.0 Å². The van der Waals surface area contributed by atoms with Gasteiger partial charge in [-0.3, -0.25) is 4.79 Å². The van der Waals surface area contributed by atoms with Gasteiger partial charge in [-0.05, 0) is 12.1 Å². The quantitative estimate of drug-likeness (QED) is 0.868. The fraction of sp³-hybridized carbons (Fsp3) is 0.167. The second-order valence-corrected chi connectivity index (χ2v) is 5.30. The molecular formula is C12H9ClN4OS. The number of rotatable bonds is 3. The van der Waals surface area contributed by atoms with E-state index >= 15 is 0 Å². The van der Waals surface area contributed by atoms with Gasteiger partial charge in [0, 0.05) is 17.3 Å². The molecule has 96 valence electrons. The smallest absolute Gasteiger partial charge is 0.261 e. The van der Waals surface area contributed by atoms with Crippen LogP contribution in [0, 0.1) is 11.3 Å². The third-order valence-corrected chi connectivity index (χ3v) is 3.34. The summed E-state index contributed by atoms with van der Waals surface area (Å²) in [6, 6.07) is 7.13. The van der Waals surface area contributed by atoms with Gasteiger partial charge in [-0.2, -0.15) is 10.3 Å². The van der Waals surface area contributed by atoms with Gasteiger partial charge in [0.25, 0.3) is 5.91 Å². The van der Waals surface area contributed by atoms with Gasteiger partial charge in [0.1, 0.15) is 11.9 Å². The third-order valence-electron chi connectivity index (χ3n) is 2.24. The van der Waals surface area contributed by atoms with E-state index in [9.17, 15) is 4.79 Å². The zero-order valence-corrected chi connectivity index (χ0v) is 11.4. The molecule has 0 aromatic carbocycles. The van der Waals surface area contributed by atoms with E-state index in [1.807, 2.05) is 12.3 Å². The van der Waals surface area contributed by atoms with Crippen molar-refractivity contribution in [2.24, 2.45) is 4.99 Å². The maximum Gasteiger partial charge on any atom is 0.261 e. The van der Waals surface area contributed by atoms with Gasteiger partial charge in [-0.25, -0.2) is 4.98 Å². The monoisotopic (exact) mass is 292 g/mol. The first-order valence-corrected chi connectivity index (χ1v) is 6.58. The van der Waals surface area contributed by atoms with Gasteiger partial charge in [0.15, 0.2) is 4.47 Å². The van der Waals surface area contributed by atoms with Gasteiger partial charge in [0.2, 0.25) is 0 Å². The van der Waals surface area contributed by atoms with E-state index in [1.165, 1.54) is 11.3 Å². The molecule has 0 unspecified atom stereocenters. The zero-order chi connectivity index (χ0) is 13.7. The standard InChI is InChI=1S/C12H9ClN4OS/c13-12-15-7-9(19-12)8-17-6-2-1-3-10(17)16-11(18)4-5-14/h1-3,6-7H,4,8H2. The molecule has 0 fully saturated rings. The molecule has 0 radical (unpaired) electrons. The van der Waals surface area contributed by atoms with Crippen LogP contribution in [0.15, 0.2) is 35.6 Å². The summed E-state index contributed by atoms with van der Waals surface area (Å²) >= 11 is 7.15. The van der Waals surface area contributed by atoms with E-state index in [0.29, 0.717) is 16.5 Å². The molecule has 2 heterocycles. The summed E-state index contributed by atoms with van der Waals surface area (Å²) in [5.41, 5.74) is 0.507. The van der Waals surface area contributed by atoms with Gasteiger partial charge in [-0.15, -0.1) is 11.3 Å². The predicted molar refractivity (Wildman–Crippen MR) is 71.5 cm³/mol. The molecule has 0 saturated heterocycles. The molecule has 0 aliphatic heterocycles. The van der Waals surface area contributed by atoms with Crippen LogP contribution in [0.5, 0.6) is 0 Å². The molecule has 0 spiro atoms. The van der Waals surface area contributed by atoms with E-state index in [-0.39, 0.29) is 6.42 Å². The Morgan fingerprint density at radius 1 is 1.58 bits per heavy atom. The lowest BCUT2D eigenvalue weighted by Gasteiger charge is -2.04. The van der Waals surface area contributed by atoms with Crippen LogP contribution in [0.2, 0.25) is 4.47 Å². The van der Waals surface area contributed by atoms with Crippen molar-refractivity contribution in [3.05, 3.63) is 45.4 Å². The number of amides is 1. The summed E-state index contributed by atoms with van der Waals surface area (Å²) in [7, 11) is 0. The van der Waals surface area contributed by atoms with Crippen LogP contribution in [0.25, 0.3) is 0 Å². The molecule has 1 amide bonds. The fourth-order valence-electron chi connectivity index (χ4n) is 1.46. The van der Waals surface area contributed by atoms with E-state index < -0.39 is 5.91 Å². The van der Waals surface area contributed by atoms with E-state index in [4.69, 9.17) is 16.9 Å². The summed E-state index contributed by atoms with van der Waals surface area (Å²) in [6.45, 7) is 0.532. The van der Waals surface area contributed by atoms with Crippen LogP contribution >= 0.6 is 22.9 Å². The van der Waals surface area contributed by atoms with Gasteiger partial charge >= 0.3 is 0 Å². The van der Waals surface area contributed by atoms with E-state index in [0.717, 1.165) is 4.88 Å². The van der Waals surface area contributed by atoms with Crippen molar-refractivity contribution < 1.29 is 4.79 Å². The molecule has 0 atom stereocenters. The minimum Gasteiger partial charge on any atom is -0.328 e. The molecular weight excluding hydrogens is 284 g/mol. The Kier molecular flexibility index (Phi) is 4.44. The van der Waals surface area contributed by atoms with Crippen LogP contribution in [-0.2, 0) is 11.3 Å². The van der Waals surface area contributed by atoms with Crippen LogP contribution in [0.4, 0.5) is 0 Å². The number of nitriles is 1. The third kappa shape index (κ3) is 3.74. The maximum absolute atomic E-state index is 11.4. The summed E-state index contributed by atoms with van der Waals surface area (Å²) < 4.78 is 2.28. The number of aromatic nitrogens is 2. The van der Waals surface area contributed by atoms with Crippen molar-refractivity contribution in [1.82, 2.24) is 9.55 Å². The number of hydrogen-bond acceptors (Lipinski definition) is 4. The number of nitrogens with zero attached hydrogens (tertiary/aromatic N) is 4. The molecule has 0 aliphatic carbocycles. The summed E-state index contributed by atoms with van der Waals surface area (Å²) in [4.78, 5) is 20.2. The van der Waals surface area contributed by atoms with E-state index in [2.05, 4.69) is 9.98 Å². The first-order chi connectivity index (χ1) is 9.19. The topological polar surface area (TPSA) is 71.0 Å². The molecule has 0 N–H and O–H groups in total. The van der Waals surface area contributed by atoms with Gasteiger partial charge < -0.3 is 4.57 Å². The van der Waals surface area contributed by atoms with Crippen molar-refractivity contribution in [3.8, 4) is 6.07 Å². The fourth-order valence-corrected chi connectivity index (χ4v) is 2.44. The average Bonchev–Trinajstić information content (AvgIpc) is 2.78. The Hall–Kier alpha value is -1.97. The first-order valence-electron chi connectivity index (χ1n) is 5.39. The molecule has 2 aromatic heterocycles. The highest BCUT2D eigenvalue weighted by molar-refractivity contribution is 7.15. The average molecular weight is 293 g/mol. The first kappa shape index (κ1) is 13.5. The SMILES string of the molecule is N#CCC(=O)N=c1ccccn1Cc1cnc(Cl)s1. The maximum atomic E-state index is 11.4. The summed E-state index contributed by atoms with van der Waals surface area (Å²) in [5.74, 6) is -0.454. The second kappa shape index (κ2) is 6.27. The van der Waals surface area contributed by atoms with Crippen LogP contribution < -0.4 is 5.49 Å². The van der Waals surface area contributed by atoms with Crippen LogP contribution in [0.3, 0.4) is 0 Å². The number of carbonyl (C=O) groups is 1. The highest BCUT2D eigenvalue weighted by Gasteiger charge is 2.02. The minimum atomic E-state index is -0.454. The lowest BCUT2D eigenvalue weighted by atomic mass is 10.4. The van der Waals surface area contributed by atoms with Crippen molar-refractivity contribution in [3.63, 3.8) is 0 Å². The van der Waals surface area contributed by atoms with Crippen molar-refractivity contribution in [1.29, 1.82) is 5.26 Å². The molecule has 7 heteroatoms. The molecule has 2 rings (SSSR count). The highest BCUT2D eigenvalue weighted by Crippen LogP contribution is 2.17.